The maximum atomic E-state index is 12.4. The Morgan fingerprint density at radius 2 is 2.07 bits per heavy atom. The Morgan fingerprint density at radius 1 is 1.22 bits per heavy atom. The third-order valence-electron chi connectivity index (χ3n) is 4.76. The molecule has 2 amide bonds. The van der Waals surface area contributed by atoms with Gasteiger partial charge in [0, 0.05) is 51.5 Å². The Kier molecular flexibility index (Phi) is 4.86. The summed E-state index contributed by atoms with van der Waals surface area (Å²) in [7, 11) is 0. The van der Waals surface area contributed by atoms with Gasteiger partial charge in [-0.1, -0.05) is 6.07 Å². The zero-order valence-electron chi connectivity index (χ0n) is 15.4. The fraction of sp³-hybridized carbons (Fsp3) is 0.368. The lowest BCUT2D eigenvalue weighted by molar-refractivity contribution is 0.194. The van der Waals surface area contributed by atoms with Crippen molar-refractivity contribution in [1.82, 2.24) is 30.2 Å². The molecule has 1 aromatic carbocycles. The average Bonchev–Trinajstić information content (AvgIpc) is 3.10. The van der Waals surface area contributed by atoms with Crippen molar-refractivity contribution in [2.45, 2.75) is 13.3 Å². The number of carbonyl (C=O) groups is 1. The van der Waals surface area contributed by atoms with Gasteiger partial charge >= 0.3 is 6.03 Å². The summed E-state index contributed by atoms with van der Waals surface area (Å²) in [5, 5.41) is 2.99. The van der Waals surface area contributed by atoms with Gasteiger partial charge in [0.2, 0.25) is 0 Å². The summed E-state index contributed by atoms with van der Waals surface area (Å²) in [5.74, 6) is 1.75. The number of anilines is 1. The van der Waals surface area contributed by atoms with Crippen molar-refractivity contribution >= 4 is 22.9 Å². The van der Waals surface area contributed by atoms with E-state index in [1.807, 2.05) is 11.0 Å². The number of benzene rings is 1. The number of aromatic amines is 1. The minimum atomic E-state index is -0.0271. The van der Waals surface area contributed by atoms with E-state index < -0.39 is 0 Å². The minimum Gasteiger partial charge on any atom is -0.352 e. The Hall–Kier alpha value is -3.16. The molecule has 0 spiro atoms. The molecule has 2 aromatic heterocycles. The number of carbonyl (C=O) groups excluding carboxylic acids is 1. The fourth-order valence-electron chi connectivity index (χ4n) is 3.29. The molecule has 0 atom stereocenters. The van der Waals surface area contributed by atoms with Gasteiger partial charge in [-0.15, -0.1) is 0 Å². The largest absolute Gasteiger partial charge is 0.352 e. The number of aryl methyl sites for hydroxylation is 1. The van der Waals surface area contributed by atoms with E-state index in [1.165, 1.54) is 5.56 Å². The van der Waals surface area contributed by atoms with E-state index in [4.69, 9.17) is 0 Å². The maximum absolute atomic E-state index is 12.4. The second-order valence-electron chi connectivity index (χ2n) is 6.72. The SMILES string of the molecule is Cc1ccc2nc(CCNC(=O)N3CCN(c4cnccn4)CC3)[nH]c2c1. The van der Waals surface area contributed by atoms with E-state index in [2.05, 4.69) is 49.2 Å². The second kappa shape index (κ2) is 7.61. The summed E-state index contributed by atoms with van der Waals surface area (Å²) in [6, 6.07) is 6.12. The molecule has 0 bridgehead atoms. The Labute approximate surface area is 157 Å². The normalized spacial score (nSPS) is 14.6. The number of nitrogens with zero attached hydrogens (tertiary/aromatic N) is 5. The van der Waals surface area contributed by atoms with E-state index in [9.17, 15) is 4.79 Å². The summed E-state index contributed by atoms with van der Waals surface area (Å²) >= 11 is 0. The minimum absolute atomic E-state index is 0.0271. The molecule has 0 aliphatic carbocycles. The molecule has 27 heavy (non-hydrogen) atoms. The standard InChI is InChI=1S/C19H23N7O/c1-14-2-3-15-16(12-14)24-17(23-15)4-5-22-19(27)26-10-8-25(9-11-26)18-13-20-6-7-21-18/h2-3,6-7,12-13H,4-5,8-11H2,1H3,(H,22,27)(H,23,24). The second-order valence-corrected chi connectivity index (χ2v) is 6.72. The van der Waals surface area contributed by atoms with Gasteiger partial charge in [-0.25, -0.2) is 14.8 Å². The number of hydrogen-bond acceptors (Lipinski definition) is 5. The Balaban J connectivity index is 1.25. The average molecular weight is 365 g/mol. The quantitative estimate of drug-likeness (QED) is 0.735. The highest BCUT2D eigenvalue weighted by molar-refractivity contribution is 5.76. The number of fused-ring (bicyclic) bond motifs is 1. The van der Waals surface area contributed by atoms with Gasteiger partial charge in [0.1, 0.15) is 11.6 Å². The van der Waals surface area contributed by atoms with Crippen molar-refractivity contribution in [3.8, 4) is 0 Å². The summed E-state index contributed by atoms with van der Waals surface area (Å²) in [5.41, 5.74) is 3.20. The molecular weight excluding hydrogens is 342 g/mol. The molecule has 4 rings (SSSR count). The van der Waals surface area contributed by atoms with Gasteiger partial charge in [0.15, 0.2) is 0 Å². The van der Waals surface area contributed by atoms with Crippen molar-refractivity contribution in [3.63, 3.8) is 0 Å². The van der Waals surface area contributed by atoms with Crippen molar-refractivity contribution < 1.29 is 4.79 Å². The zero-order valence-corrected chi connectivity index (χ0v) is 15.4. The van der Waals surface area contributed by atoms with Crippen molar-refractivity contribution in [3.05, 3.63) is 48.2 Å². The lowest BCUT2D eigenvalue weighted by Crippen LogP contribution is -2.52. The van der Waals surface area contributed by atoms with Crippen LogP contribution in [-0.4, -0.2) is 63.6 Å². The molecule has 0 radical (unpaired) electrons. The van der Waals surface area contributed by atoms with Crippen LogP contribution in [-0.2, 0) is 6.42 Å². The topological polar surface area (TPSA) is 90.0 Å². The first-order valence-corrected chi connectivity index (χ1v) is 9.18. The van der Waals surface area contributed by atoms with E-state index >= 15 is 0 Å². The Bertz CT molecular complexity index is 916. The van der Waals surface area contributed by atoms with Crippen LogP contribution in [0.5, 0.6) is 0 Å². The predicted molar refractivity (Wildman–Crippen MR) is 104 cm³/mol. The third-order valence-corrected chi connectivity index (χ3v) is 4.76. The van der Waals surface area contributed by atoms with E-state index in [1.54, 1.807) is 18.6 Å². The number of H-pyrrole nitrogens is 1. The number of imidazole rings is 1. The predicted octanol–water partition coefficient (Wildman–Crippen LogP) is 1.74. The van der Waals surface area contributed by atoms with Crippen LogP contribution in [0.1, 0.15) is 11.4 Å². The first-order chi connectivity index (χ1) is 13.2. The van der Waals surface area contributed by atoms with Gasteiger partial charge < -0.3 is 20.1 Å². The molecule has 2 N–H and O–H groups in total. The smallest absolute Gasteiger partial charge is 0.317 e. The first kappa shape index (κ1) is 17.3. The van der Waals surface area contributed by atoms with Crippen LogP contribution in [0.15, 0.2) is 36.8 Å². The number of hydrogen-bond donors (Lipinski definition) is 2. The maximum Gasteiger partial charge on any atom is 0.317 e. The highest BCUT2D eigenvalue weighted by Crippen LogP contribution is 2.14. The van der Waals surface area contributed by atoms with Crippen molar-refractivity contribution in [2.24, 2.45) is 0 Å². The summed E-state index contributed by atoms with van der Waals surface area (Å²) in [4.78, 5) is 32.7. The lowest BCUT2D eigenvalue weighted by Gasteiger charge is -2.35. The van der Waals surface area contributed by atoms with Gasteiger partial charge in [-0.2, -0.15) is 0 Å². The number of aromatic nitrogens is 4. The number of piperazine rings is 1. The van der Waals surface area contributed by atoms with Crippen LogP contribution in [0.3, 0.4) is 0 Å². The molecule has 140 valence electrons. The van der Waals surface area contributed by atoms with E-state index in [0.717, 1.165) is 35.8 Å². The van der Waals surface area contributed by atoms with Gasteiger partial charge in [0.25, 0.3) is 0 Å². The molecule has 1 aliphatic heterocycles. The highest BCUT2D eigenvalue weighted by Gasteiger charge is 2.21. The molecule has 3 heterocycles. The molecule has 0 saturated carbocycles. The molecule has 8 nitrogen and oxygen atoms in total. The lowest BCUT2D eigenvalue weighted by atomic mass is 10.2. The molecular formula is C19H23N7O. The third kappa shape index (κ3) is 3.99. The molecule has 8 heteroatoms. The van der Waals surface area contributed by atoms with E-state index in [0.29, 0.717) is 26.1 Å². The molecule has 0 unspecified atom stereocenters. The van der Waals surface area contributed by atoms with Crippen LogP contribution in [0.25, 0.3) is 11.0 Å². The fourth-order valence-corrected chi connectivity index (χ4v) is 3.29. The first-order valence-electron chi connectivity index (χ1n) is 9.18. The zero-order chi connectivity index (χ0) is 18.6. The van der Waals surface area contributed by atoms with Gasteiger partial charge in [-0.3, -0.25) is 4.98 Å². The number of urea groups is 1. The van der Waals surface area contributed by atoms with Crippen LogP contribution in [0.4, 0.5) is 10.6 Å². The van der Waals surface area contributed by atoms with Crippen LogP contribution < -0.4 is 10.2 Å². The number of amides is 2. The molecule has 1 aliphatic rings. The Morgan fingerprint density at radius 3 is 2.85 bits per heavy atom. The van der Waals surface area contributed by atoms with Crippen molar-refractivity contribution in [2.75, 3.05) is 37.6 Å². The molecule has 1 fully saturated rings. The molecule has 3 aromatic rings. The highest BCUT2D eigenvalue weighted by atomic mass is 16.2. The van der Waals surface area contributed by atoms with Crippen molar-refractivity contribution in [1.29, 1.82) is 0 Å². The summed E-state index contributed by atoms with van der Waals surface area (Å²) in [6.07, 6.45) is 5.79. The van der Waals surface area contributed by atoms with Gasteiger partial charge in [0.05, 0.1) is 17.2 Å². The number of rotatable bonds is 4. The van der Waals surface area contributed by atoms with Crippen LogP contribution in [0.2, 0.25) is 0 Å². The van der Waals surface area contributed by atoms with Crippen LogP contribution in [0, 0.1) is 6.92 Å². The van der Waals surface area contributed by atoms with E-state index in [-0.39, 0.29) is 6.03 Å². The number of nitrogens with one attached hydrogen (secondary N) is 2. The van der Waals surface area contributed by atoms with Gasteiger partial charge in [-0.05, 0) is 24.6 Å². The summed E-state index contributed by atoms with van der Waals surface area (Å²) < 4.78 is 0. The molecule has 1 saturated heterocycles. The summed E-state index contributed by atoms with van der Waals surface area (Å²) in [6.45, 7) is 5.48. The monoisotopic (exact) mass is 365 g/mol. The van der Waals surface area contributed by atoms with Crippen LogP contribution >= 0.6 is 0 Å².